The maximum Gasteiger partial charge on any atom is 0.176 e. The number of thiazole rings is 1. The normalized spacial score (nSPS) is 10.8. The minimum Gasteiger partial charge on any atom is -0.325 e. The molecule has 0 aliphatic rings. The van der Waals surface area contributed by atoms with Crippen LogP contribution >= 0.6 is 11.3 Å². The predicted molar refractivity (Wildman–Crippen MR) is 48.6 cm³/mol. The van der Waals surface area contributed by atoms with Crippen LogP contribution in [-0.4, -0.2) is 15.3 Å². The van der Waals surface area contributed by atoms with Gasteiger partial charge in [-0.3, -0.25) is 4.79 Å². The number of ketones is 1. The minimum atomic E-state index is 0.0858. The van der Waals surface area contributed by atoms with Crippen LogP contribution in [-0.2, 0) is 7.05 Å². The lowest BCUT2D eigenvalue weighted by Crippen LogP contribution is -2.01. The van der Waals surface area contributed by atoms with Crippen LogP contribution in [0.15, 0.2) is 11.6 Å². The molecule has 62 valence electrons. The first-order valence-corrected chi connectivity index (χ1v) is 4.48. The highest BCUT2D eigenvalue weighted by Gasteiger charge is 2.10. The highest BCUT2D eigenvalue weighted by molar-refractivity contribution is 7.16. The van der Waals surface area contributed by atoms with Gasteiger partial charge in [-0.1, -0.05) is 0 Å². The lowest BCUT2D eigenvalue weighted by molar-refractivity contribution is 0.101. The molecule has 0 atom stereocenters. The second-order valence-electron chi connectivity index (χ2n) is 2.68. The van der Waals surface area contributed by atoms with E-state index in [0.29, 0.717) is 0 Å². The van der Waals surface area contributed by atoms with Crippen molar-refractivity contribution in [2.24, 2.45) is 7.05 Å². The molecule has 0 saturated heterocycles. The summed E-state index contributed by atoms with van der Waals surface area (Å²) in [5.74, 6) is 0.0858. The summed E-state index contributed by atoms with van der Waals surface area (Å²) in [4.78, 5) is 15.2. The Bertz CT molecular complexity index is 441. The zero-order chi connectivity index (χ0) is 8.72. The Morgan fingerprint density at radius 2 is 2.42 bits per heavy atom. The van der Waals surface area contributed by atoms with Crippen LogP contribution < -0.4 is 0 Å². The van der Waals surface area contributed by atoms with Gasteiger partial charge in [-0.05, 0) is 6.07 Å². The summed E-state index contributed by atoms with van der Waals surface area (Å²) in [6.07, 6.45) is 0. The molecule has 0 radical (unpaired) electrons. The fourth-order valence-corrected chi connectivity index (χ4v) is 2.01. The summed E-state index contributed by atoms with van der Waals surface area (Å²) in [7, 11) is 1.86. The first-order chi connectivity index (χ1) is 5.70. The third-order valence-corrected chi connectivity index (χ3v) is 2.65. The average Bonchev–Trinajstić information content (AvgIpc) is 2.53. The third kappa shape index (κ3) is 0.881. The summed E-state index contributed by atoms with van der Waals surface area (Å²) in [6, 6.07) is 1.88. The number of Topliss-reactive ketones (excluding diaryl/α,β-unsaturated/α-hetero) is 1. The zero-order valence-electron chi connectivity index (χ0n) is 6.87. The third-order valence-electron chi connectivity index (χ3n) is 1.88. The number of hydrogen-bond acceptors (Lipinski definition) is 3. The van der Waals surface area contributed by atoms with Crippen molar-refractivity contribution < 1.29 is 4.79 Å². The molecule has 0 unspecified atom stereocenters. The van der Waals surface area contributed by atoms with Gasteiger partial charge in [0.15, 0.2) is 11.4 Å². The molecule has 0 aliphatic heterocycles. The number of fused-ring (bicyclic) bond motifs is 1. The van der Waals surface area contributed by atoms with Crippen molar-refractivity contribution in [2.45, 2.75) is 6.92 Å². The summed E-state index contributed by atoms with van der Waals surface area (Å²) in [6.45, 7) is 1.57. The SMILES string of the molecule is CC(=O)c1cc2scnc2n1C. The van der Waals surface area contributed by atoms with E-state index in [1.165, 1.54) is 0 Å². The van der Waals surface area contributed by atoms with E-state index >= 15 is 0 Å². The molecular weight excluding hydrogens is 172 g/mol. The van der Waals surface area contributed by atoms with Crippen LogP contribution in [0.4, 0.5) is 0 Å². The van der Waals surface area contributed by atoms with Crippen molar-refractivity contribution in [1.82, 2.24) is 9.55 Å². The molecule has 2 heterocycles. The maximum atomic E-state index is 11.1. The number of aromatic nitrogens is 2. The van der Waals surface area contributed by atoms with Crippen LogP contribution in [0.5, 0.6) is 0 Å². The summed E-state index contributed by atoms with van der Waals surface area (Å²) in [5, 5.41) is 0. The molecular formula is C8H8N2OS. The predicted octanol–water partition coefficient (Wildman–Crippen LogP) is 1.84. The van der Waals surface area contributed by atoms with E-state index < -0.39 is 0 Å². The number of aryl methyl sites for hydroxylation is 1. The quantitative estimate of drug-likeness (QED) is 0.627. The van der Waals surface area contributed by atoms with Crippen molar-refractivity contribution in [3.8, 4) is 0 Å². The smallest absolute Gasteiger partial charge is 0.176 e. The molecule has 0 spiro atoms. The molecule has 0 N–H and O–H groups in total. The van der Waals surface area contributed by atoms with Crippen molar-refractivity contribution >= 4 is 27.5 Å². The van der Waals surface area contributed by atoms with Crippen molar-refractivity contribution in [2.75, 3.05) is 0 Å². The van der Waals surface area contributed by atoms with Crippen molar-refractivity contribution in [1.29, 1.82) is 0 Å². The summed E-state index contributed by atoms with van der Waals surface area (Å²) < 4.78 is 2.90. The van der Waals surface area contributed by atoms with E-state index in [1.807, 2.05) is 17.7 Å². The molecule has 2 aromatic heterocycles. The van der Waals surface area contributed by atoms with Gasteiger partial charge in [0.1, 0.15) is 0 Å². The number of rotatable bonds is 1. The fraction of sp³-hybridized carbons (Fsp3) is 0.250. The minimum absolute atomic E-state index is 0.0858. The number of carbonyl (C=O) groups is 1. The van der Waals surface area contributed by atoms with E-state index in [1.54, 1.807) is 23.8 Å². The Balaban J connectivity index is 2.78. The molecule has 4 heteroatoms. The van der Waals surface area contributed by atoms with E-state index in [0.717, 1.165) is 16.0 Å². The van der Waals surface area contributed by atoms with E-state index in [2.05, 4.69) is 4.98 Å². The van der Waals surface area contributed by atoms with Crippen LogP contribution in [0.3, 0.4) is 0 Å². The van der Waals surface area contributed by atoms with Gasteiger partial charge in [-0.15, -0.1) is 11.3 Å². The van der Waals surface area contributed by atoms with Gasteiger partial charge in [-0.25, -0.2) is 4.98 Å². The number of carbonyl (C=O) groups excluding carboxylic acids is 1. The number of hydrogen-bond donors (Lipinski definition) is 0. The first kappa shape index (κ1) is 7.49. The fourth-order valence-electron chi connectivity index (χ4n) is 1.27. The lowest BCUT2D eigenvalue weighted by atomic mass is 10.3. The number of nitrogens with zero attached hydrogens (tertiary/aromatic N) is 2. The second-order valence-corrected chi connectivity index (χ2v) is 3.57. The van der Waals surface area contributed by atoms with E-state index in [-0.39, 0.29) is 5.78 Å². The summed E-state index contributed by atoms with van der Waals surface area (Å²) >= 11 is 1.56. The van der Waals surface area contributed by atoms with Gasteiger partial charge < -0.3 is 4.57 Å². The van der Waals surface area contributed by atoms with E-state index in [4.69, 9.17) is 0 Å². The van der Waals surface area contributed by atoms with Gasteiger partial charge in [-0.2, -0.15) is 0 Å². The molecule has 0 aliphatic carbocycles. The molecule has 0 fully saturated rings. The van der Waals surface area contributed by atoms with Crippen LogP contribution in [0.1, 0.15) is 17.4 Å². The Morgan fingerprint density at radius 1 is 1.67 bits per heavy atom. The molecule has 2 aromatic rings. The highest BCUT2D eigenvalue weighted by Crippen LogP contribution is 2.21. The van der Waals surface area contributed by atoms with Crippen LogP contribution in [0.2, 0.25) is 0 Å². The van der Waals surface area contributed by atoms with Gasteiger partial charge in [0.2, 0.25) is 0 Å². The molecule has 0 amide bonds. The van der Waals surface area contributed by atoms with Crippen molar-refractivity contribution in [3.05, 3.63) is 17.3 Å². The molecule has 0 saturated carbocycles. The molecule has 12 heavy (non-hydrogen) atoms. The molecule has 0 aromatic carbocycles. The van der Waals surface area contributed by atoms with Gasteiger partial charge >= 0.3 is 0 Å². The second kappa shape index (κ2) is 2.42. The van der Waals surface area contributed by atoms with E-state index in [9.17, 15) is 4.79 Å². The molecule has 2 rings (SSSR count). The Kier molecular flexibility index (Phi) is 1.51. The average molecular weight is 180 g/mol. The van der Waals surface area contributed by atoms with Crippen LogP contribution in [0.25, 0.3) is 10.3 Å². The van der Waals surface area contributed by atoms with Gasteiger partial charge in [0, 0.05) is 14.0 Å². The molecule has 0 bridgehead atoms. The largest absolute Gasteiger partial charge is 0.325 e. The first-order valence-electron chi connectivity index (χ1n) is 3.60. The Morgan fingerprint density at radius 3 is 3.00 bits per heavy atom. The monoisotopic (exact) mass is 180 g/mol. The standard InChI is InChI=1S/C8H8N2OS/c1-5(11)6-3-7-8(10(6)2)9-4-12-7/h3-4H,1-2H3. The highest BCUT2D eigenvalue weighted by atomic mass is 32.1. The Labute approximate surface area is 73.6 Å². The molecule has 3 nitrogen and oxygen atoms in total. The van der Waals surface area contributed by atoms with Gasteiger partial charge in [0.25, 0.3) is 0 Å². The van der Waals surface area contributed by atoms with Gasteiger partial charge in [0.05, 0.1) is 15.9 Å². The topological polar surface area (TPSA) is 34.9 Å². The maximum absolute atomic E-state index is 11.1. The lowest BCUT2D eigenvalue weighted by Gasteiger charge is -1.96. The van der Waals surface area contributed by atoms with Crippen LogP contribution in [0, 0.1) is 0 Å². The Hall–Kier alpha value is -1.16. The summed E-state index contributed by atoms with van der Waals surface area (Å²) in [5.41, 5.74) is 3.41. The zero-order valence-corrected chi connectivity index (χ0v) is 7.68. The van der Waals surface area contributed by atoms with Crippen molar-refractivity contribution in [3.63, 3.8) is 0 Å².